The number of carbonyl (C=O) groups excluding carboxylic acids is 1. The zero-order valence-corrected chi connectivity index (χ0v) is 17.0. The van der Waals surface area contributed by atoms with Crippen molar-refractivity contribution in [2.45, 2.75) is 12.5 Å². The molecule has 142 valence electrons. The average molecular weight is 460 g/mol. The molecule has 0 saturated heterocycles. The van der Waals surface area contributed by atoms with E-state index in [1.165, 1.54) is 12.1 Å². The molecule has 0 spiro atoms. The Hall–Kier alpha value is -2.70. The first-order valence-corrected chi connectivity index (χ1v) is 9.65. The van der Waals surface area contributed by atoms with Gasteiger partial charge in [-0.1, -0.05) is 45.7 Å². The smallest absolute Gasteiger partial charge is 0.271 e. The van der Waals surface area contributed by atoms with Gasteiger partial charge < -0.3 is 5.32 Å². The monoisotopic (exact) mass is 458 g/mol. The Morgan fingerprint density at radius 3 is 2.39 bits per heavy atom. The highest BCUT2D eigenvalue weighted by molar-refractivity contribution is 9.10. The van der Waals surface area contributed by atoms with Gasteiger partial charge >= 0.3 is 0 Å². The van der Waals surface area contributed by atoms with Crippen LogP contribution >= 0.6 is 27.5 Å². The summed E-state index contributed by atoms with van der Waals surface area (Å²) in [6.45, 7) is 0. The second-order valence-corrected chi connectivity index (χ2v) is 7.54. The van der Waals surface area contributed by atoms with Gasteiger partial charge in [0.05, 0.1) is 11.0 Å². The number of anilines is 1. The molecule has 1 unspecified atom stereocenters. The van der Waals surface area contributed by atoms with E-state index in [1.807, 2.05) is 24.3 Å². The van der Waals surface area contributed by atoms with Crippen molar-refractivity contribution in [3.8, 4) is 0 Å². The predicted octanol–water partition coefficient (Wildman–Crippen LogP) is 6.44. The fourth-order valence-electron chi connectivity index (χ4n) is 2.80. The Balaban J connectivity index is 1.87. The molecular formula is C21H16BrClN2O3. The quantitative estimate of drug-likeness (QED) is 0.251. The van der Waals surface area contributed by atoms with Crippen LogP contribution in [0.3, 0.4) is 0 Å². The van der Waals surface area contributed by atoms with Gasteiger partial charge in [0, 0.05) is 39.3 Å². The Labute approximate surface area is 175 Å². The fraction of sp³-hybridized carbons (Fsp3) is 0.0952. The largest absolute Gasteiger partial charge is 0.378 e. The second kappa shape index (κ2) is 8.99. The lowest BCUT2D eigenvalue weighted by molar-refractivity contribution is -0.384. The molecule has 0 saturated carbocycles. The number of halogens is 2. The van der Waals surface area contributed by atoms with Gasteiger partial charge in [0.25, 0.3) is 5.69 Å². The fourth-order valence-corrected chi connectivity index (χ4v) is 3.19. The summed E-state index contributed by atoms with van der Waals surface area (Å²) in [5.74, 6) is -0.0532. The lowest BCUT2D eigenvalue weighted by atomic mass is 9.97. The molecule has 0 aliphatic carbocycles. The van der Waals surface area contributed by atoms with E-state index in [-0.39, 0.29) is 23.9 Å². The molecule has 5 nitrogen and oxygen atoms in total. The third-order valence-electron chi connectivity index (χ3n) is 4.23. The third-order valence-corrected chi connectivity index (χ3v) is 5.01. The molecule has 0 radical (unpaired) electrons. The van der Waals surface area contributed by atoms with Crippen molar-refractivity contribution in [2.24, 2.45) is 0 Å². The van der Waals surface area contributed by atoms with E-state index < -0.39 is 4.92 Å². The SMILES string of the molecule is O=C(CC(Nc1cccc([N+](=O)[O-])c1)c1ccc(Br)cc1)c1ccc(Cl)cc1. The minimum atomic E-state index is -0.446. The zero-order valence-electron chi connectivity index (χ0n) is 14.6. The summed E-state index contributed by atoms with van der Waals surface area (Å²) < 4.78 is 0.925. The van der Waals surface area contributed by atoms with Crippen LogP contribution < -0.4 is 5.32 Å². The van der Waals surface area contributed by atoms with Gasteiger partial charge in [-0.2, -0.15) is 0 Å². The van der Waals surface area contributed by atoms with Gasteiger partial charge in [-0.05, 0) is 48.0 Å². The van der Waals surface area contributed by atoms with E-state index in [4.69, 9.17) is 11.6 Å². The maximum Gasteiger partial charge on any atom is 0.271 e. The van der Waals surface area contributed by atoms with Crippen molar-refractivity contribution >= 4 is 44.7 Å². The molecule has 1 atom stereocenters. The number of hydrogen-bond donors (Lipinski definition) is 1. The molecule has 28 heavy (non-hydrogen) atoms. The molecule has 0 heterocycles. The normalized spacial score (nSPS) is 11.6. The van der Waals surface area contributed by atoms with Crippen molar-refractivity contribution in [3.63, 3.8) is 0 Å². The van der Waals surface area contributed by atoms with Crippen LogP contribution in [-0.2, 0) is 0 Å². The second-order valence-electron chi connectivity index (χ2n) is 6.19. The number of non-ortho nitro benzene ring substituents is 1. The van der Waals surface area contributed by atoms with Gasteiger partial charge in [-0.3, -0.25) is 14.9 Å². The number of ketones is 1. The first-order chi connectivity index (χ1) is 13.4. The van der Waals surface area contributed by atoms with Crippen LogP contribution in [0, 0.1) is 10.1 Å². The van der Waals surface area contributed by atoms with Crippen LogP contribution in [0.4, 0.5) is 11.4 Å². The Morgan fingerprint density at radius 2 is 1.75 bits per heavy atom. The molecule has 0 amide bonds. The average Bonchev–Trinajstić information content (AvgIpc) is 2.68. The molecule has 0 aliphatic rings. The van der Waals surface area contributed by atoms with Crippen molar-refractivity contribution in [2.75, 3.05) is 5.32 Å². The van der Waals surface area contributed by atoms with E-state index in [1.54, 1.807) is 36.4 Å². The van der Waals surface area contributed by atoms with Crippen LogP contribution in [0.1, 0.15) is 28.4 Å². The minimum absolute atomic E-state index is 0.0106. The number of nitro benzene ring substituents is 1. The predicted molar refractivity (Wildman–Crippen MR) is 114 cm³/mol. The maximum absolute atomic E-state index is 12.8. The summed E-state index contributed by atoms with van der Waals surface area (Å²) in [5, 5.41) is 14.9. The van der Waals surface area contributed by atoms with Crippen LogP contribution in [0.5, 0.6) is 0 Å². The molecule has 0 aliphatic heterocycles. The Bertz CT molecular complexity index is 991. The molecule has 7 heteroatoms. The summed E-state index contributed by atoms with van der Waals surface area (Å²) in [7, 11) is 0. The Kier molecular flexibility index (Phi) is 6.44. The zero-order chi connectivity index (χ0) is 20.1. The summed E-state index contributed by atoms with van der Waals surface area (Å²) >= 11 is 9.30. The van der Waals surface area contributed by atoms with E-state index in [0.29, 0.717) is 16.3 Å². The maximum atomic E-state index is 12.8. The lowest BCUT2D eigenvalue weighted by Gasteiger charge is -2.20. The van der Waals surface area contributed by atoms with E-state index >= 15 is 0 Å². The number of rotatable bonds is 7. The van der Waals surface area contributed by atoms with Crippen LogP contribution in [-0.4, -0.2) is 10.7 Å². The number of nitrogens with one attached hydrogen (secondary N) is 1. The van der Waals surface area contributed by atoms with E-state index in [2.05, 4.69) is 21.2 Å². The standard InChI is InChI=1S/C21H16BrClN2O3/c22-16-8-4-14(5-9-16)20(13-21(26)15-6-10-17(23)11-7-15)24-18-2-1-3-19(12-18)25(27)28/h1-12,20,24H,13H2. The lowest BCUT2D eigenvalue weighted by Crippen LogP contribution is -2.16. The molecule has 0 fully saturated rings. The summed E-state index contributed by atoms with van der Waals surface area (Å²) in [5.41, 5.74) is 2.03. The van der Waals surface area contributed by atoms with Crippen LogP contribution in [0.25, 0.3) is 0 Å². The van der Waals surface area contributed by atoms with Crippen molar-refractivity contribution in [1.82, 2.24) is 0 Å². The number of carbonyl (C=O) groups is 1. The van der Waals surface area contributed by atoms with Crippen molar-refractivity contribution in [3.05, 3.63) is 104 Å². The number of Topliss-reactive ketones (excluding diaryl/α,β-unsaturated/α-hetero) is 1. The summed E-state index contributed by atoms with van der Waals surface area (Å²) in [4.78, 5) is 23.4. The van der Waals surface area contributed by atoms with Gasteiger partial charge in [0.15, 0.2) is 5.78 Å². The highest BCUT2D eigenvalue weighted by Gasteiger charge is 2.18. The van der Waals surface area contributed by atoms with Gasteiger partial charge in [0.1, 0.15) is 0 Å². The van der Waals surface area contributed by atoms with Crippen molar-refractivity contribution < 1.29 is 9.72 Å². The van der Waals surface area contributed by atoms with Gasteiger partial charge in [0.2, 0.25) is 0 Å². The minimum Gasteiger partial charge on any atom is -0.378 e. The van der Waals surface area contributed by atoms with Crippen LogP contribution in [0.15, 0.2) is 77.3 Å². The number of nitro groups is 1. The molecule has 1 N–H and O–H groups in total. The van der Waals surface area contributed by atoms with Gasteiger partial charge in [-0.25, -0.2) is 0 Å². The van der Waals surface area contributed by atoms with E-state index in [9.17, 15) is 14.9 Å². The summed E-state index contributed by atoms with van der Waals surface area (Å²) in [6, 6.07) is 20.2. The van der Waals surface area contributed by atoms with Crippen molar-refractivity contribution in [1.29, 1.82) is 0 Å². The topological polar surface area (TPSA) is 72.2 Å². The molecule has 3 aromatic carbocycles. The first-order valence-electron chi connectivity index (χ1n) is 8.47. The van der Waals surface area contributed by atoms with E-state index in [0.717, 1.165) is 10.0 Å². The number of hydrogen-bond acceptors (Lipinski definition) is 4. The molecular weight excluding hydrogens is 444 g/mol. The van der Waals surface area contributed by atoms with Gasteiger partial charge in [-0.15, -0.1) is 0 Å². The molecule has 0 aromatic heterocycles. The number of benzene rings is 3. The summed E-state index contributed by atoms with van der Waals surface area (Å²) in [6.07, 6.45) is 0.186. The molecule has 0 bridgehead atoms. The van der Waals surface area contributed by atoms with Crippen LogP contribution in [0.2, 0.25) is 5.02 Å². The third kappa shape index (κ3) is 5.18. The molecule has 3 aromatic rings. The number of nitrogens with zero attached hydrogens (tertiary/aromatic N) is 1. The Morgan fingerprint density at radius 1 is 1.07 bits per heavy atom. The molecule has 3 rings (SSSR count). The highest BCUT2D eigenvalue weighted by atomic mass is 79.9. The first kappa shape index (κ1) is 20.0. The highest BCUT2D eigenvalue weighted by Crippen LogP contribution is 2.28.